The Morgan fingerprint density at radius 3 is 3.12 bits per heavy atom. The van der Waals surface area contributed by atoms with Crippen molar-refractivity contribution < 1.29 is 4.42 Å². The third kappa shape index (κ3) is 4.03. The maximum Gasteiger partial charge on any atom is 0.256 e. The number of nitrogens with one attached hydrogen (secondary N) is 1. The SMILES string of the molecule is CCCNC1CCCC(Sc2nc(C)co2)C1. The van der Waals surface area contributed by atoms with Crippen molar-refractivity contribution in [1.82, 2.24) is 10.3 Å². The van der Waals surface area contributed by atoms with Crippen molar-refractivity contribution in [2.75, 3.05) is 6.54 Å². The summed E-state index contributed by atoms with van der Waals surface area (Å²) in [6.45, 7) is 5.33. The quantitative estimate of drug-likeness (QED) is 0.874. The lowest BCUT2D eigenvalue weighted by Gasteiger charge is -2.28. The van der Waals surface area contributed by atoms with Gasteiger partial charge in [-0.25, -0.2) is 4.98 Å². The molecule has 1 aliphatic carbocycles. The van der Waals surface area contributed by atoms with E-state index in [-0.39, 0.29) is 0 Å². The van der Waals surface area contributed by atoms with E-state index in [2.05, 4.69) is 17.2 Å². The summed E-state index contributed by atoms with van der Waals surface area (Å²) in [5, 5.41) is 5.13. The van der Waals surface area contributed by atoms with E-state index in [0.717, 1.165) is 17.5 Å². The molecule has 1 aromatic heterocycles. The molecule has 1 aromatic rings. The van der Waals surface area contributed by atoms with Crippen LogP contribution in [0.2, 0.25) is 0 Å². The molecule has 0 amide bonds. The highest BCUT2D eigenvalue weighted by molar-refractivity contribution is 7.99. The third-order valence-electron chi connectivity index (χ3n) is 3.17. The smallest absolute Gasteiger partial charge is 0.256 e. The van der Waals surface area contributed by atoms with Crippen LogP contribution in [0.15, 0.2) is 15.9 Å². The number of thioether (sulfide) groups is 1. The van der Waals surface area contributed by atoms with E-state index in [0.29, 0.717) is 11.3 Å². The number of rotatable bonds is 5. The largest absolute Gasteiger partial charge is 0.440 e. The van der Waals surface area contributed by atoms with Crippen LogP contribution in [-0.2, 0) is 0 Å². The lowest BCUT2D eigenvalue weighted by molar-refractivity contribution is 0.378. The van der Waals surface area contributed by atoms with Crippen molar-refractivity contribution in [2.24, 2.45) is 0 Å². The molecule has 4 heteroatoms. The van der Waals surface area contributed by atoms with Crippen LogP contribution in [0.1, 0.15) is 44.7 Å². The van der Waals surface area contributed by atoms with Crippen molar-refractivity contribution in [2.45, 2.75) is 62.5 Å². The van der Waals surface area contributed by atoms with Crippen molar-refractivity contribution in [3.05, 3.63) is 12.0 Å². The van der Waals surface area contributed by atoms with E-state index in [1.54, 1.807) is 18.0 Å². The predicted octanol–water partition coefficient (Wildman–Crippen LogP) is 3.39. The van der Waals surface area contributed by atoms with Crippen LogP contribution in [0.5, 0.6) is 0 Å². The van der Waals surface area contributed by atoms with Gasteiger partial charge in [0.25, 0.3) is 5.22 Å². The number of aryl methyl sites for hydroxylation is 1. The van der Waals surface area contributed by atoms with Gasteiger partial charge in [0, 0.05) is 11.3 Å². The van der Waals surface area contributed by atoms with Crippen LogP contribution in [0.4, 0.5) is 0 Å². The molecular formula is C13H22N2OS. The van der Waals surface area contributed by atoms with E-state index >= 15 is 0 Å². The van der Waals surface area contributed by atoms with Crippen LogP contribution in [0.25, 0.3) is 0 Å². The Morgan fingerprint density at radius 2 is 2.41 bits per heavy atom. The lowest BCUT2D eigenvalue weighted by Crippen LogP contribution is -2.35. The van der Waals surface area contributed by atoms with Gasteiger partial charge in [-0.3, -0.25) is 0 Å². The van der Waals surface area contributed by atoms with Crippen molar-refractivity contribution in [3.63, 3.8) is 0 Å². The minimum Gasteiger partial charge on any atom is -0.440 e. The molecule has 0 aliphatic heterocycles. The minimum atomic E-state index is 0.663. The summed E-state index contributed by atoms with van der Waals surface area (Å²) in [7, 11) is 0. The highest BCUT2D eigenvalue weighted by Crippen LogP contribution is 2.33. The molecule has 1 N–H and O–H groups in total. The van der Waals surface area contributed by atoms with E-state index in [4.69, 9.17) is 4.42 Å². The van der Waals surface area contributed by atoms with Gasteiger partial charge in [0.15, 0.2) is 0 Å². The first-order valence-corrected chi connectivity index (χ1v) is 7.48. The zero-order chi connectivity index (χ0) is 12.1. The van der Waals surface area contributed by atoms with Crippen molar-refractivity contribution >= 4 is 11.8 Å². The van der Waals surface area contributed by atoms with Gasteiger partial charge in [-0.2, -0.15) is 0 Å². The van der Waals surface area contributed by atoms with Gasteiger partial charge in [-0.15, -0.1) is 0 Å². The lowest BCUT2D eigenvalue weighted by atomic mass is 9.95. The summed E-state index contributed by atoms with van der Waals surface area (Å²) in [6.07, 6.45) is 8.12. The highest BCUT2D eigenvalue weighted by atomic mass is 32.2. The molecule has 2 unspecified atom stereocenters. The fraction of sp³-hybridized carbons (Fsp3) is 0.769. The van der Waals surface area contributed by atoms with Gasteiger partial charge in [0.1, 0.15) is 6.26 Å². The Hall–Kier alpha value is -0.480. The maximum absolute atomic E-state index is 5.41. The predicted molar refractivity (Wildman–Crippen MR) is 71.4 cm³/mol. The molecular weight excluding hydrogens is 232 g/mol. The number of aromatic nitrogens is 1. The molecule has 3 nitrogen and oxygen atoms in total. The molecule has 17 heavy (non-hydrogen) atoms. The zero-order valence-corrected chi connectivity index (χ0v) is 11.6. The molecule has 1 heterocycles. The van der Waals surface area contributed by atoms with E-state index in [9.17, 15) is 0 Å². The Morgan fingerprint density at radius 1 is 1.53 bits per heavy atom. The third-order valence-corrected chi connectivity index (χ3v) is 4.33. The van der Waals surface area contributed by atoms with Crippen molar-refractivity contribution in [1.29, 1.82) is 0 Å². The second kappa shape index (κ2) is 6.45. The van der Waals surface area contributed by atoms with Crippen LogP contribution in [0.3, 0.4) is 0 Å². The molecule has 96 valence electrons. The second-order valence-corrected chi connectivity index (χ2v) is 6.06. The van der Waals surface area contributed by atoms with Crippen LogP contribution >= 0.6 is 11.8 Å². The molecule has 0 bridgehead atoms. The average Bonchev–Trinajstić information content (AvgIpc) is 2.73. The van der Waals surface area contributed by atoms with Gasteiger partial charge >= 0.3 is 0 Å². The fourth-order valence-electron chi connectivity index (χ4n) is 2.31. The maximum atomic E-state index is 5.41. The molecule has 0 saturated heterocycles. The summed E-state index contributed by atoms with van der Waals surface area (Å²) in [5.41, 5.74) is 0.976. The van der Waals surface area contributed by atoms with Gasteiger partial charge in [-0.1, -0.05) is 25.1 Å². The summed E-state index contributed by atoms with van der Waals surface area (Å²) < 4.78 is 5.41. The minimum absolute atomic E-state index is 0.663. The topological polar surface area (TPSA) is 38.1 Å². The molecule has 1 aliphatic rings. The summed E-state index contributed by atoms with van der Waals surface area (Å²) in [4.78, 5) is 4.37. The van der Waals surface area contributed by atoms with Crippen molar-refractivity contribution in [3.8, 4) is 0 Å². The van der Waals surface area contributed by atoms with E-state index < -0.39 is 0 Å². The van der Waals surface area contributed by atoms with Gasteiger partial charge in [-0.05, 0) is 39.2 Å². The second-order valence-electron chi connectivity index (χ2n) is 4.81. The molecule has 0 spiro atoms. The number of oxazole rings is 1. The van der Waals surface area contributed by atoms with Gasteiger partial charge in [0.2, 0.25) is 0 Å². The fourth-order valence-corrected chi connectivity index (χ4v) is 3.51. The molecule has 2 atom stereocenters. The van der Waals surface area contributed by atoms with Gasteiger partial charge < -0.3 is 9.73 Å². The average molecular weight is 254 g/mol. The number of hydrogen-bond acceptors (Lipinski definition) is 4. The number of nitrogens with zero attached hydrogens (tertiary/aromatic N) is 1. The van der Waals surface area contributed by atoms with E-state index in [1.165, 1.54) is 32.1 Å². The Kier molecular flexibility index (Phi) is 4.92. The zero-order valence-electron chi connectivity index (χ0n) is 10.7. The monoisotopic (exact) mass is 254 g/mol. The highest BCUT2D eigenvalue weighted by Gasteiger charge is 2.23. The summed E-state index contributed by atoms with van der Waals surface area (Å²) in [6, 6.07) is 0.692. The standard InChI is InChI=1S/C13H22N2OS/c1-3-7-14-11-5-4-6-12(8-11)17-13-15-10(2)9-16-13/h9,11-12,14H,3-8H2,1-2H3. The molecule has 2 rings (SSSR count). The molecule has 0 radical (unpaired) electrons. The van der Waals surface area contributed by atoms with Crippen LogP contribution in [0, 0.1) is 6.92 Å². The molecule has 0 aromatic carbocycles. The first kappa shape index (κ1) is 13.0. The van der Waals surface area contributed by atoms with Crippen LogP contribution < -0.4 is 5.32 Å². The molecule has 1 saturated carbocycles. The summed E-state index contributed by atoms with van der Waals surface area (Å²) in [5.74, 6) is 0. The summed E-state index contributed by atoms with van der Waals surface area (Å²) >= 11 is 1.80. The van der Waals surface area contributed by atoms with Crippen LogP contribution in [-0.4, -0.2) is 22.8 Å². The normalized spacial score (nSPS) is 25.1. The first-order valence-electron chi connectivity index (χ1n) is 6.60. The first-order chi connectivity index (χ1) is 8.28. The van der Waals surface area contributed by atoms with E-state index in [1.807, 2.05) is 6.92 Å². The number of hydrogen-bond donors (Lipinski definition) is 1. The molecule has 1 fully saturated rings. The Balaban J connectivity index is 1.80. The van der Waals surface area contributed by atoms with Gasteiger partial charge in [0.05, 0.1) is 5.69 Å². The Labute approximate surface area is 108 Å². The Bertz CT molecular complexity index is 340.